The third-order valence-electron chi connectivity index (χ3n) is 11.8. The van der Waals surface area contributed by atoms with Gasteiger partial charge in [-0.05, 0) is 97.5 Å². The van der Waals surface area contributed by atoms with Crippen LogP contribution in [0.3, 0.4) is 0 Å². The molecule has 5 heterocycles. The highest BCUT2D eigenvalue weighted by Gasteiger charge is 2.38. The lowest BCUT2D eigenvalue weighted by molar-refractivity contribution is -0.144. The van der Waals surface area contributed by atoms with E-state index in [1.54, 1.807) is 67.1 Å². The zero-order chi connectivity index (χ0) is 42.0. The number of hydrogen-bond acceptors (Lipinski definition) is 8. The lowest BCUT2D eigenvalue weighted by atomic mass is 10.1. The Hall–Kier alpha value is -7.03. The smallest absolute Gasteiger partial charge is 0.252 e. The maximum Gasteiger partial charge on any atom is 0.252 e. The van der Waals surface area contributed by atoms with Crippen molar-refractivity contribution in [2.75, 3.05) is 23.7 Å². The molecule has 2 unspecified atom stereocenters. The maximum atomic E-state index is 13.4. The van der Waals surface area contributed by atoms with Crippen LogP contribution < -0.4 is 10.6 Å². The lowest BCUT2D eigenvalue weighted by Crippen LogP contribution is -2.47. The van der Waals surface area contributed by atoms with Crippen LogP contribution in [0.15, 0.2) is 120 Å². The van der Waals surface area contributed by atoms with Gasteiger partial charge in [-0.25, -0.2) is 4.98 Å². The zero-order valence-corrected chi connectivity index (χ0v) is 33.2. The number of fused-ring (bicyclic) bond motifs is 2. The monoisotopic (exact) mass is 819 g/mol. The van der Waals surface area contributed by atoms with Crippen molar-refractivity contribution >= 4 is 56.8 Å². The van der Waals surface area contributed by atoms with Crippen LogP contribution in [0.4, 0.5) is 11.4 Å². The SMILES string of the molecule is O=C(Nc1ccc(-c2cnc(-c3ccc(NC(=O)[C@@H]4CCCN4C(=O)[C@@H](O)Cc4c[nH]c5ccccc45)cc3)o2)cc1)C1CCCN1C(=O)C(O)Cc1c[nH]c2ccccc12. The van der Waals surface area contributed by atoms with Gasteiger partial charge in [-0.2, -0.15) is 0 Å². The Morgan fingerprint density at radius 3 is 1.61 bits per heavy atom. The van der Waals surface area contributed by atoms with Crippen molar-refractivity contribution < 1.29 is 33.8 Å². The van der Waals surface area contributed by atoms with Gasteiger partial charge in [0.05, 0.1) is 6.20 Å². The zero-order valence-electron chi connectivity index (χ0n) is 33.2. The van der Waals surface area contributed by atoms with Crippen LogP contribution >= 0.6 is 0 Å². The number of aliphatic hydroxyl groups is 2. The van der Waals surface area contributed by atoms with E-state index in [-0.39, 0.29) is 24.7 Å². The molecule has 0 radical (unpaired) electrons. The third-order valence-corrected chi connectivity index (χ3v) is 11.8. The number of aliphatic hydroxyl groups excluding tert-OH is 2. The summed E-state index contributed by atoms with van der Waals surface area (Å²) in [6, 6.07) is 28.2. The van der Waals surface area contributed by atoms with Gasteiger partial charge in [0.2, 0.25) is 17.7 Å². The molecule has 2 fully saturated rings. The number of H-pyrrole nitrogens is 2. The van der Waals surface area contributed by atoms with Crippen molar-refractivity contribution in [2.45, 2.75) is 62.8 Å². The van der Waals surface area contributed by atoms with Crippen molar-refractivity contribution in [1.29, 1.82) is 0 Å². The van der Waals surface area contributed by atoms with E-state index in [0.717, 1.165) is 38.5 Å². The van der Waals surface area contributed by atoms with E-state index < -0.39 is 36.1 Å². The number of oxazole rings is 1. The first-order valence-corrected chi connectivity index (χ1v) is 20.6. The number of anilines is 2. The number of amides is 4. The molecule has 0 spiro atoms. The minimum Gasteiger partial charge on any atom is -0.436 e. The van der Waals surface area contributed by atoms with Crippen LogP contribution in [0.25, 0.3) is 44.6 Å². The summed E-state index contributed by atoms with van der Waals surface area (Å²) >= 11 is 0. The van der Waals surface area contributed by atoms with Gasteiger partial charge in [-0.15, -0.1) is 0 Å². The second kappa shape index (κ2) is 16.9. The molecule has 2 saturated heterocycles. The molecular weight excluding hydrogens is 775 g/mol. The normalized spacial score (nSPS) is 17.5. The molecule has 0 aliphatic carbocycles. The number of nitrogens with one attached hydrogen (secondary N) is 4. The fourth-order valence-electron chi connectivity index (χ4n) is 8.59. The summed E-state index contributed by atoms with van der Waals surface area (Å²) in [5.41, 5.74) is 6.07. The van der Waals surface area contributed by atoms with Crippen LogP contribution in [0, 0.1) is 0 Å². The summed E-state index contributed by atoms with van der Waals surface area (Å²) in [4.78, 5) is 67.2. The van der Waals surface area contributed by atoms with Crippen molar-refractivity contribution in [3.8, 4) is 22.8 Å². The summed E-state index contributed by atoms with van der Waals surface area (Å²) in [6.07, 6.45) is 5.30. The molecule has 0 bridgehead atoms. The topological polar surface area (TPSA) is 197 Å². The van der Waals surface area contributed by atoms with Gasteiger partial charge in [0, 0.05) is 82.6 Å². The molecule has 9 rings (SSSR count). The highest BCUT2D eigenvalue weighted by atomic mass is 16.4. The standard InChI is InChI=1S/C47H45N7O7/c55-40(23-30-25-48-36-9-3-1-7-34(30)36)46(59)53-21-5-11-38(53)43(57)51-32-17-13-28(14-18-32)42-27-50-45(61-42)29-15-19-33(20-16-29)52-44(58)39-12-6-22-54(39)47(60)41(56)24-31-26-49-37-10-4-2-8-35(31)37/h1-4,7-10,13-20,25-27,38-41,48-49,55-56H,5-6,11-12,21-24H2,(H,51,57)(H,52,58)/t38?,39-,40?,41-/m0/s1. The van der Waals surface area contributed by atoms with E-state index in [1.165, 1.54) is 9.80 Å². The molecule has 2 aliphatic rings. The van der Waals surface area contributed by atoms with Crippen LogP contribution in [0.5, 0.6) is 0 Å². The van der Waals surface area contributed by atoms with Gasteiger partial charge < -0.3 is 45.0 Å². The largest absolute Gasteiger partial charge is 0.436 e. The van der Waals surface area contributed by atoms with E-state index in [0.29, 0.717) is 67.4 Å². The summed E-state index contributed by atoms with van der Waals surface area (Å²) in [5, 5.41) is 29.5. The van der Waals surface area contributed by atoms with Gasteiger partial charge in [-0.3, -0.25) is 19.2 Å². The van der Waals surface area contributed by atoms with Crippen LogP contribution in [-0.2, 0) is 32.0 Å². The number of carbonyl (C=O) groups is 4. The Morgan fingerprint density at radius 1 is 0.656 bits per heavy atom. The summed E-state index contributed by atoms with van der Waals surface area (Å²) in [6.45, 7) is 0.791. The first-order chi connectivity index (χ1) is 29.7. The molecule has 6 N–H and O–H groups in total. The van der Waals surface area contributed by atoms with Gasteiger partial charge in [0.25, 0.3) is 11.8 Å². The molecule has 4 aromatic carbocycles. The van der Waals surface area contributed by atoms with Crippen molar-refractivity contribution in [3.05, 3.63) is 127 Å². The summed E-state index contributed by atoms with van der Waals surface area (Å²) in [5.74, 6) is -0.667. The molecule has 0 saturated carbocycles. The van der Waals surface area contributed by atoms with Crippen molar-refractivity contribution in [1.82, 2.24) is 24.8 Å². The Kier molecular flexibility index (Phi) is 10.9. The summed E-state index contributed by atoms with van der Waals surface area (Å²) in [7, 11) is 0. The molecule has 61 heavy (non-hydrogen) atoms. The molecule has 14 nitrogen and oxygen atoms in total. The number of rotatable bonds is 12. The highest BCUT2D eigenvalue weighted by molar-refractivity contribution is 5.99. The molecule has 2 aliphatic heterocycles. The van der Waals surface area contributed by atoms with Crippen molar-refractivity contribution in [3.63, 3.8) is 0 Å². The number of aromatic nitrogens is 3. The quantitative estimate of drug-likeness (QED) is 0.0859. The van der Waals surface area contributed by atoms with Gasteiger partial charge >= 0.3 is 0 Å². The van der Waals surface area contributed by atoms with Crippen LogP contribution in [-0.4, -0.2) is 96.0 Å². The van der Waals surface area contributed by atoms with Gasteiger partial charge in [-0.1, -0.05) is 36.4 Å². The first-order valence-electron chi connectivity index (χ1n) is 20.6. The average Bonchev–Trinajstić information content (AvgIpc) is 4.15. The fraction of sp³-hybridized carbons (Fsp3) is 0.255. The van der Waals surface area contributed by atoms with E-state index in [4.69, 9.17) is 4.42 Å². The van der Waals surface area contributed by atoms with Crippen molar-refractivity contribution in [2.24, 2.45) is 0 Å². The Morgan fingerprint density at radius 2 is 1.11 bits per heavy atom. The summed E-state index contributed by atoms with van der Waals surface area (Å²) < 4.78 is 6.08. The molecule has 4 atom stereocenters. The van der Waals surface area contributed by atoms with E-state index >= 15 is 0 Å². The predicted molar refractivity (Wildman–Crippen MR) is 230 cm³/mol. The predicted octanol–water partition coefficient (Wildman–Crippen LogP) is 6.04. The number of likely N-dealkylation sites (tertiary alicyclic amines) is 2. The minimum atomic E-state index is -1.27. The average molecular weight is 820 g/mol. The number of carbonyl (C=O) groups excluding carboxylic acids is 4. The number of nitrogens with zero attached hydrogens (tertiary/aromatic N) is 3. The minimum absolute atomic E-state index is 0.145. The number of para-hydroxylation sites is 2. The molecule has 310 valence electrons. The van der Waals surface area contributed by atoms with Crippen LogP contribution in [0.1, 0.15) is 36.8 Å². The lowest BCUT2D eigenvalue weighted by Gasteiger charge is -2.26. The Labute approximate surface area is 350 Å². The van der Waals surface area contributed by atoms with E-state index in [9.17, 15) is 29.4 Å². The second-order valence-electron chi connectivity index (χ2n) is 15.7. The number of benzene rings is 4. The van der Waals surface area contributed by atoms with E-state index in [1.807, 2.05) is 48.5 Å². The number of hydrogen-bond donors (Lipinski definition) is 6. The Bertz CT molecular complexity index is 2540. The highest BCUT2D eigenvalue weighted by Crippen LogP contribution is 2.30. The maximum absolute atomic E-state index is 13.4. The molecular formula is C47H45N7O7. The third kappa shape index (κ3) is 8.15. The van der Waals surface area contributed by atoms with Gasteiger partial charge in [0.1, 0.15) is 24.3 Å². The van der Waals surface area contributed by atoms with Gasteiger partial charge in [0.15, 0.2) is 5.76 Å². The Balaban J connectivity index is 0.776. The molecule has 3 aromatic heterocycles. The number of aromatic amines is 2. The first kappa shape index (κ1) is 39.4. The molecule has 14 heteroatoms. The molecule has 7 aromatic rings. The fourth-order valence-corrected chi connectivity index (χ4v) is 8.59. The molecule has 4 amide bonds. The van der Waals surface area contributed by atoms with Crippen LogP contribution in [0.2, 0.25) is 0 Å². The second-order valence-corrected chi connectivity index (χ2v) is 15.7. The van der Waals surface area contributed by atoms with E-state index in [2.05, 4.69) is 25.6 Å².